The lowest BCUT2D eigenvalue weighted by atomic mass is 10.2. The van der Waals surface area contributed by atoms with E-state index >= 15 is 0 Å². The molecule has 0 saturated carbocycles. The molecule has 0 aliphatic heterocycles. The molecular formula is C15H9ClN4O2S. The van der Waals surface area contributed by atoms with Gasteiger partial charge in [0.2, 0.25) is 0 Å². The number of hydrogen-bond donors (Lipinski definition) is 0. The zero-order valence-corrected chi connectivity index (χ0v) is 13.2. The molecule has 3 aromatic heterocycles. The van der Waals surface area contributed by atoms with E-state index in [2.05, 4.69) is 15.2 Å². The van der Waals surface area contributed by atoms with Crippen LogP contribution in [0.5, 0.6) is 0 Å². The highest BCUT2D eigenvalue weighted by Gasteiger charge is 2.20. The average molecular weight is 345 g/mol. The Morgan fingerprint density at radius 1 is 1.04 bits per heavy atom. The van der Waals surface area contributed by atoms with Crippen LogP contribution in [0.3, 0.4) is 0 Å². The van der Waals surface area contributed by atoms with Crippen molar-refractivity contribution < 1.29 is 8.42 Å². The molecule has 0 unspecified atom stereocenters. The summed E-state index contributed by atoms with van der Waals surface area (Å²) in [7, 11) is -3.73. The Morgan fingerprint density at radius 2 is 1.83 bits per heavy atom. The molecule has 4 rings (SSSR count). The van der Waals surface area contributed by atoms with E-state index in [0.717, 1.165) is 3.97 Å². The van der Waals surface area contributed by atoms with Crippen LogP contribution in [0.25, 0.3) is 21.9 Å². The van der Waals surface area contributed by atoms with Crippen LogP contribution in [-0.4, -0.2) is 27.6 Å². The van der Waals surface area contributed by atoms with E-state index < -0.39 is 10.0 Å². The predicted molar refractivity (Wildman–Crippen MR) is 86.9 cm³/mol. The number of hydrogen-bond acceptors (Lipinski definition) is 5. The van der Waals surface area contributed by atoms with Crippen molar-refractivity contribution in [2.24, 2.45) is 0 Å². The maximum atomic E-state index is 12.8. The molecule has 0 amide bonds. The van der Waals surface area contributed by atoms with Crippen LogP contribution in [-0.2, 0) is 10.0 Å². The van der Waals surface area contributed by atoms with E-state index in [1.807, 2.05) is 0 Å². The van der Waals surface area contributed by atoms with Crippen LogP contribution in [0, 0.1) is 0 Å². The van der Waals surface area contributed by atoms with E-state index in [1.165, 1.54) is 18.6 Å². The van der Waals surface area contributed by atoms with E-state index in [-0.39, 0.29) is 4.90 Å². The van der Waals surface area contributed by atoms with E-state index in [1.54, 1.807) is 36.4 Å². The fourth-order valence-corrected chi connectivity index (χ4v) is 4.05. The van der Waals surface area contributed by atoms with Crippen LogP contribution in [0.1, 0.15) is 0 Å². The molecule has 0 N–H and O–H groups in total. The quantitative estimate of drug-likeness (QED) is 0.558. The van der Waals surface area contributed by atoms with Gasteiger partial charge >= 0.3 is 0 Å². The molecule has 114 valence electrons. The summed E-state index contributed by atoms with van der Waals surface area (Å²) in [5, 5.41) is 9.39. The zero-order chi connectivity index (χ0) is 16.0. The summed E-state index contributed by atoms with van der Waals surface area (Å²) in [5.74, 6) is 0. The number of nitrogens with zero attached hydrogens (tertiary/aromatic N) is 4. The molecule has 6 nitrogen and oxygen atoms in total. The van der Waals surface area contributed by atoms with Crippen molar-refractivity contribution >= 4 is 43.6 Å². The summed E-state index contributed by atoms with van der Waals surface area (Å²) < 4.78 is 26.7. The van der Waals surface area contributed by atoms with E-state index in [9.17, 15) is 8.42 Å². The van der Waals surface area contributed by atoms with Crippen molar-refractivity contribution in [1.82, 2.24) is 19.2 Å². The first-order valence-electron chi connectivity index (χ1n) is 6.66. The molecule has 0 aliphatic rings. The van der Waals surface area contributed by atoms with E-state index in [4.69, 9.17) is 11.6 Å². The van der Waals surface area contributed by atoms with Crippen LogP contribution in [0.4, 0.5) is 0 Å². The fourth-order valence-electron chi connectivity index (χ4n) is 2.49. The van der Waals surface area contributed by atoms with Crippen LogP contribution in [0.15, 0.2) is 59.9 Å². The highest BCUT2D eigenvalue weighted by atomic mass is 35.5. The van der Waals surface area contributed by atoms with Crippen molar-refractivity contribution in [3.63, 3.8) is 0 Å². The Kier molecular flexibility index (Phi) is 3.07. The van der Waals surface area contributed by atoms with Gasteiger partial charge in [-0.3, -0.25) is 0 Å². The molecule has 0 spiro atoms. The standard InChI is InChI=1S/C15H9ClN4O2S/c16-12-8-18-19-13-9-17-15-11(14(12)13)6-7-20(15)23(21,22)10-4-2-1-3-5-10/h1-9H. The first-order valence-corrected chi connectivity index (χ1v) is 8.48. The molecule has 0 radical (unpaired) electrons. The highest BCUT2D eigenvalue weighted by molar-refractivity contribution is 7.90. The van der Waals surface area contributed by atoms with Crippen molar-refractivity contribution in [1.29, 1.82) is 0 Å². The van der Waals surface area contributed by atoms with Gasteiger partial charge in [0.1, 0.15) is 5.52 Å². The molecule has 3 heterocycles. The Bertz CT molecular complexity index is 1140. The van der Waals surface area contributed by atoms with Gasteiger partial charge in [0.15, 0.2) is 5.65 Å². The lowest BCUT2D eigenvalue weighted by molar-refractivity contribution is 0.589. The van der Waals surface area contributed by atoms with Gasteiger partial charge < -0.3 is 0 Å². The van der Waals surface area contributed by atoms with Gasteiger partial charge in [-0.2, -0.15) is 5.10 Å². The maximum absolute atomic E-state index is 12.8. The van der Waals surface area contributed by atoms with Gasteiger partial charge in [-0.05, 0) is 18.2 Å². The summed E-state index contributed by atoms with van der Waals surface area (Å²) in [6.07, 6.45) is 4.36. The minimum absolute atomic E-state index is 0.193. The van der Waals surface area contributed by atoms with Crippen LogP contribution >= 0.6 is 11.6 Å². The molecule has 0 aliphatic carbocycles. The molecule has 8 heteroatoms. The summed E-state index contributed by atoms with van der Waals surface area (Å²) in [5.41, 5.74) is 0.816. The second-order valence-corrected chi connectivity index (χ2v) is 7.10. The largest absolute Gasteiger partial charge is 0.269 e. The molecule has 4 aromatic rings. The lowest BCUT2D eigenvalue weighted by Gasteiger charge is -2.07. The number of aromatic nitrogens is 4. The minimum atomic E-state index is -3.73. The summed E-state index contributed by atoms with van der Waals surface area (Å²) in [6.45, 7) is 0. The Hall–Kier alpha value is -2.51. The molecule has 0 atom stereocenters. The third-order valence-electron chi connectivity index (χ3n) is 3.54. The third-order valence-corrected chi connectivity index (χ3v) is 5.50. The summed E-state index contributed by atoms with van der Waals surface area (Å²) >= 11 is 6.19. The smallest absolute Gasteiger partial charge is 0.235 e. The topological polar surface area (TPSA) is 77.7 Å². The minimum Gasteiger partial charge on any atom is -0.235 e. The van der Waals surface area contributed by atoms with Crippen molar-refractivity contribution in [3.05, 3.63) is 60.0 Å². The highest BCUT2D eigenvalue weighted by Crippen LogP contribution is 2.30. The van der Waals surface area contributed by atoms with E-state index in [0.29, 0.717) is 27.0 Å². The molecular weight excluding hydrogens is 336 g/mol. The van der Waals surface area contributed by atoms with Gasteiger partial charge in [0.05, 0.1) is 22.3 Å². The molecule has 1 aromatic carbocycles. The molecule has 0 bridgehead atoms. The number of fused-ring (bicyclic) bond motifs is 3. The Labute approximate surface area is 136 Å². The third kappa shape index (κ3) is 2.08. The summed E-state index contributed by atoms with van der Waals surface area (Å²) in [4.78, 5) is 4.42. The monoisotopic (exact) mass is 344 g/mol. The van der Waals surface area contributed by atoms with Crippen molar-refractivity contribution in [3.8, 4) is 0 Å². The van der Waals surface area contributed by atoms with Crippen LogP contribution < -0.4 is 0 Å². The van der Waals surface area contributed by atoms with Gasteiger partial charge in [-0.1, -0.05) is 29.8 Å². The van der Waals surface area contributed by atoms with Gasteiger partial charge in [0, 0.05) is 17.0 Å². The first kappa shape index (κ1) is 14.1. The van der Waals surface area contributed by atoms with Gasteiger partial charge in [-0.15, -0.1) is 5.10 Å². The molecule has 0 saturated heterocycles. The number of halogens is 1. The first-order chi connectivity index (χ1) is 11.1. The second kappa shape index (κ2) is 5.00. The van der Waals surface area contributed by atoms with Gasteiger partial charge in [-0.25, -0.2) is 17.4 Å². The fraction of sp³-hybridized carbons (Fsp3) is 0. The maximum Gasteiger partial charge on any atom is 0.269 e. The normalized spacial score (nSPS) is 12.0. The second-order valence-electron chi connectivity index (χ2n) is 4.88. The summed E-state index contributed by atoms with van der Waals surface area (Å²) in [6, 6.07) is 9.86. The van der Waals surface area contributed by atoms with Gasteiger partial charge in [0.25, 0.3) is 10.0 Å². The number of pyridine rings is 1. The van der Waals surface area contributed by atoms with Crippen molar-refractivity contribution in [2.75, 3.05) is 0 Å². The lowest BCUT2D eigenvalue weighted by Crippen LogP contribution is -2.12. The molecule has 23 heavy (non-hydrogen) atoms. The van der Waals surface area contributed by atoms with Crippen LogP contribution in [0.2, 0.25) is 5.02 Å². The van der Waals surface area contributed by atoms with Crippen molar-refractivity contribution in [2.45, 2.75) is 4.90 Å². The SMILES string of the molecule is O=S(=O)(c1ccccc1)n1ccc2c3c(Cl)cnnc3cnc21. The number of rotatable bonds is 2. The Balaban J connectivity index is 2.06. The molecule has 0 fully saturated rings. The average Bonchev–Trinajstić information content (AvgIpc) is 3.00. The predicted octanol–water partition coefficient (Wildman–Crippen LogP) is 2.87. The Morgan fingerprint density at radius 3 is 2.61 bits per heavy atom. The number of benzene rings is 1. The zero-order valence-electron chi connectivity index (χ0n) is 11.6.